The summed E-state index contributed by atoms with van der Waals surface area (Å²) in [5.74, 6) is 2.49. The molecule has 1 amide bonds. The molecule has 2 aliphatic heterocycles. The van der Waals surface area contributed by atoms with Gasteiger partial charge in [0.1, 0.15) is 5.84 Å². The minimum absolute atomic E-state index is 0.164. The molecule has 1 atom stereocenters. The van der Waals surface area contributed by atoms with E-state index in [-0.39, 0.29) is 5.54 Å². The van der Waals surface area contributed by atoms with E-state index in [2.05, 4.69) is 59.2 Å². The van der Waals surface area contributed by atoms with Crippen LogP contribution in [0, 0.1) is 18.8 Å². The van der Waals surface area contributed by atoms with Crippen LogP contribution in [-0.4, -0.2) is 58.5 Å². The first-order valence-electron chi connectivity index (χ1n) is 13.6. The molecule has 0 N–H and O–H groups in total. The lowest BCUT2D eigenvalue weighted by molar-refractivity contribution is -0.131. The van der Waals surface area contributed by atoms with Gasteiger partial charge in [0.25, 0.3) is 0 Å². The Bertz CT molecular complexity index is 1190. The number of thioether (sulfide) groups is 1. The maximum atomic E-state index is 12.5. The average molecular weight is 486 g/mol. The van der Waals surface area contributed by atoms with E-state index in [1.54, 1.807) is 0 Å². The first-order valence-corrected chi connectivity index (χ1v) is 14.4. The number of benzene rings is 2. The Morgan fingerprint density at radius 1 is 1.06 bits per heavy atom. The summed E-state index contributed by atoms with van der Waals surface area (Å²) >= 11 is 2.02. The molecular weight excluding hydrogens is 450 g/mol. The third-order valence-electron chi connectivity index (χ3n) is 8.42. The standard InChI is InChI=1S/C30H35N3OS/c1-20-15-24(23-3-2-4-26(16-23)35-25-8-9-25)7-10-27(20)28-31-30(12-13-30)19-33(28)18-21-11-14-32(17-21)29(34)22-5-6-22/h2-4,7,10,15-16,21-22,25H,5-6,8-9,11-14,17-19H2,1H3/t21-/m1/s1. The SMILES string of the molecule is Cc1cc(-c2cccc(SC3CC3)c2)ccc1C1=NC2(CC2)CN1C[C@@H]1CCN(C(=O)C2CC2)C1. The maximum Gasteiger partial charge on any atom is 0.225 e. The molecule has 0 radical (unpaired) electrons. The van der Waals surface area contributed by atoms with E-state index in [0.29, 0.717) is 17.7 Å². The maximum absolute atomic E-state index is 12.5. The van der Waals surface area contributed by atoms with Crippen LogP contribution in [-0.2, 0) is 4.79 Å². The highest BCUT2D eigenvalue weighted by atomic mass is 32.2. The topological polar surface area (TPSA) is 35.9 Å². The van der Waals surface area contributed by atoms with E-state index in [0.717, 1.165) is 50.7 Å². The second-order valence-corrected chi connectivity index (χ2v) is 13.0. The number of amides is 1. The molecule has 4 nitrogen and oxygen atoms in total. The number of aryl methyl sites for hydroxylation is 1. The molecule has 5 heteroatoms. The Morgan fingerprint density at radius 3 is 2.63 bits per heavy atom. The van der Waals surface area contributed by atoms with Crippen LogP contribution >= 0.6 is 11.8 Å². The largest absolute Gasteiger partial charge is 0.354 e. The van der Waals surface area contributed by atoms with Gasteiger partial charge in [-0.15, -0.1) is 11.8 Å². The van der Waals surface area contributed by atoms with Crippen molar-refractivity contribution in [3.05, 3.63) is 53.6 Å². The number of rotatable bonds is 7. The zero-order chi connectivity index (χ0) is 23.6. The predicted octanol–water partition coefficient (Wildman–Crippen LogP) is 5.77. The minimum Gasteiger partial charge on any atom is -0.354 e. The van der Waals surface area contributed by atoms with Crippen molar-refractivity contribution in [3.63, 3.8) is 0 Å². The molecule has 2 aromatic carbocycles. The molecule has 2 aromatic rings. The molecule has 0 unspecified atom stereocenters. The van der Waals surface area contributed by atoms with Gasteiger partial charge in [-0.1, -0.05) is 30.3 Å². The summed E-state index contributed by atoms with van der Waals surface area (Å²) in [5, 5.41) is 0.828. The van der Waals surface area contributed by atoms with Crippen LogP contribution in [0.2, 0.25) is 0 Å². The van der Waals surface area contributed by atoms with Crippen molar-refractivity contribution >= 4 is 23.5 Å². The number of carbonyl (C=O) groups excluding carboxylic acids is 1. The fraction of sp³-hybridized carbons (Fsp3) is 0.533. The summed E-state index contributed by atoms with van der Waals surface area (Å²) in [6.07, 6.45) is 8.48. The van der Waals surface area contributed by atoms with Gasteiger partial charge in [-0.2, -0.15) is 0 Å². The third-order valence-corrected chi connectivity index (χ3v) is 9.75. The summed E-state index contributed by atoms with van der Waals surface area (Å²) < 4.78 is 0. The molecule has 3 aliphatic carbocycles. The first-order chi connectivity index (χ1) is 17.1. The zero-order valence-electron chi connectivity index (χ0n) is 20.7. The highest BCUT2D eigenvalue weighted by Gasteiger charge is 2.50. The van der Waals surface area contributed by atoms with Gasteiger partial charge in [-0.25, -0.2) is 0 Å². The Morgan fingerprint density at radius 2 is 1.89 bits per heavy atom. The lowest BCUT2D eigenvalue weighted by Crippen LogP contribution is -2.37. The van der Waals surface area contributed by atoms with E-state index in [1.165, 1.54) is 58.7 Å². The van der Waals surface area contributed by atoms with Crippen molar-refractivity contribution in [3.8, 4) is 11.1 Å². The van der Waals surface area contributed by atoms with Gasteiger partial charge >= 0.3 is 0 Å². The number of carbonyl (C=O) groups is 1. The molecule has 7 rings (SSSR count). The molecule has 4 fully saturated rings. The van der Waals surface area contributed by atoms with Crippen LogP contribution in [0.1, 0.15) is 56.1 Å². The van der Waals surface area contributed by atoms with Crippen molar-refractivity contribution in [2.75, 3.05) is 26.2 Å². The van der Waals surface area contributed by atoms with Gasteiger partial charge in [-0.3, -0.25) is 9.79 Å². The summed E-state index contributed by atoms with van der Waals surface area (Å²) in [4.78, 5) is 23.9. The Hall–Kier alpha value is -2.27. The summed E-state index contributed by atoms with van der Waals surface area (Å²) in [6, 6.07) is 16.0. The predicted molar refractivity (Wildman–Crippen MR) is 143 cm³/mol. The van der Waals surface area contributed by atoms with E-state index in [9.17, 15) is 4.79 Å². The second-order valence-electron chi connectivity index (χ2n) is 11.6. The molecule has 1 saturated heterocycles. The third kappa shape index (κ3) is 4.52. The van der Waals surface area contributed by atoms with E-state index < -0.39 is 0 Å². The molecule has 2 heterocycles. The first kappa shape index (κ1) is 22.0. The average Bonchev–Trinajstić information content (AvgIpc) is 3.78. The van der Waals surface area contributed by atoms with Crippen LogP contribution < -0.4 is 0 Å². The number of nitrogens with zero attached hydrogens (tertiary/aromatic N) is 3. The fourth-order valence-corrected chi connectivity index (χ4v) is 6.97. The zero-order valence-corrected chi connectivity index (χ0v) is 21.5. The van der Waals surface area contributed by atoms with Crippen LogP contribution in [0.5, 0.6) is 0 Å². The Labute approximate surface area is 213 Å². The monoisotopic (exact) mass is 485 g/mol. The van der Waals surface area contributed by atoms with Crippen molar-refractivity contribution in [1.82, 2.24) is 9.80 Å². The minimum atomic E-state index is 0.164. The van der Waals surface area contributed by atoms with Crippen LogP contribution in [0.4, 0.5) is 0 Å². The van der Waals surface area contributed by atoms with Gasteiger partial charge in [0.05, 0.1) is 5.54 Å². The highest BCUT2D eigenvalue weighted by Crippen LogP contribution is 2.46. The van der Waals surface area contributed by atoms with Gasteiger partial charge in [-0.05, 0) is 86.6 Å². The summed E-state index contributed by atoms with van der Waals surface area (Å²) in [7, 11) is 0. The van der Waals surface area contributed by atoms with Crippen LogP contribution in [0.3, 0.4) is 0 Å². The number of amidine groups is 1. The van der Waals surface area contributed by atoms with Gasteiger partial charge < -0.3 is 9.80 Å². The Kier molecular flexibility index (Phi) is 5.27. The molecular formula is C30H35N3OS. The number of hydrogen-bond acceptors (Lipinski definition) is 4. The second kappa shape index (κ2) is 8.40. The summed E-state index contributed by atoms with van der Waals surface area (Å²) in [5.41, 5.74) is 5.35. The van der Waals surface area contributed by atoms with Crippen LogP contribution in [0.15, 0.2) is 52.4 Å². The van der Waals surface area contributed by atoms with Crippen molar-refractivity contribution in [1.29, 1.82) is 0 Å². The number of aliphatic imine (C=N–C) groups is 1. The number of hydrogen-bond donors (Lipinski definition) is 0. The molecule has 182 valence electrons. The van der Waals surface area contributed by atoms with Crippen molar-refractivity contribution in [2.24, 2.45) is 16.8 Å². The summed E-state index contributed by atoms with van der Waals surface area (Å²) in [6.45, 7) is 6.19. The smallest absolute Gasteiger partial charge is 0.225 e. The van der Waals surface area contributed by atoms with Crippen molar-refractivity contribution in [2.45, 2.75) is 67.6 Å². The normalized spacial score (nSPS) is 24.8. The highest BCUT2D eigenvalue weighted by molar-refractivity contribution is 8.00. The molecule has 1 spiro atoms. The number of likely N-dealkylation sites (tertiary alicyclic amines) is 1. The van der Waals surface area contributed by atoms with E-state index >= 15 is 0 Å². The molecule has 0 aromatic heterocycles. The lowest BCUT2D eigenvalue weighted by atomic mass is 9.98. The quantitative estimate of drug-likeness (QED) is 0.499. The molecule has 35 heavy (non-hydrogen) atoms. The van der Waals surface area contributed by atoms with E-state index in [4.69, 9.17) is 4.99 Å². The van der Waals surface area contributed by atoms with Crippen LogP contribution in [0.25, 0.3) is 11.1 Å². The van der Waals surface area contributed by atoms with Gasteiger partial charge in [0, 0.05) is 47.8 Å². The lowest BCUT2D eigenvalue weighted by Gasteiger charge is -2.26. The molecule has 3 saturated carbocycles. The fourth-order valence-electron chi connectivity index (χ4n) is 5.86. The van der Waals surface area contributed by atoms with Gasteiger partial charge in [0.2, 0.25) is 5.91 Å². The van der Waals surface area contributed by atoms with Crippen molar-refractivity contribution < 1.29 is 4.79 Å². The van der Waals surface area contributed by atoms with Gasteiger partial charge in [0.15, 0.2) is 0 Å². The molecule has 5 aliphatic rings. The molecule has 0 bridgehead atoms. The van der Waals surface area contributed by atoms with E-state index in [1.807, 2.05) is 11.8 Å². The Balaban J connectivity index is 1.09.